The highest BCUT2D eigenvalue weighted by Crippen LogP contribution is 2.31. The van der Waals surface area contributed by atoms with Crippen LogP contribution in [0.5, 0.6) is 5.75 Å². The van der Waals surface area contributed by atoms with Crippen LogP contribution in [0.15, 0.2) is 18.2 Å². The van der Waals surface area contributed by atoms with E-state index in [1.165, 1.54) is 7.11 Å². The molecule has 0 aromatic heterocycles. The van der Waals surface area contributed by atoms with Crippen LogP contribution in [0.3, 0.4) is 0 Å². The maximum atomic E-state index is 12.6. The Bertz CT molecular complexity index is 697. The summed E-state index contributed by atoms with van der Waals surface area (Å²) < 4.78 is 31.0. The molecule has 0 saturated carbocycles. The van der Waals surface area contributed by atoms with Crippen LogP contribution in [0.2, 0.25) is 0 Å². The summed E-state index contributed by atoms with van der Waals surface area (Å²) >= 11 is 0. The molecule has 1 fully saturated rings. The molecule has 0 unspecified atom stereocenters. The number of hydrogen-bond donors (Lipinski definition) is 0. The van der Waals surface area contributed by atoms with E-state index >= 15 is 0 Å². The van der Waals surface area contributed by atoms with Gasteiger partial charge < -0.3 is 14.5 Å². The summed E-state index contributed by atoms with van der Waals surface area (Å²) in [5.74, 6) is 0.231. The second kappa shape index (κ2) is 7.40. The molecule has 8 heteroatoms. The molecule has 1 aliphatic heterocycles. The molecule has 0 N–H and O–H groups in total. The number of anilines is 1. The Morgan fingerprint density at radius 1 is 1.25 bits per heavy atom. The Hall–Kier alpha value is -1.80. The number of hydrogen-bond acceptors (Lipinski definition) is 5. The first-order valence-corrected chi connectivity index (χ1v) is 9.66. The van der Waals surface area contributed by atoms with Gasteiger partial charge in [0.25, 0.3) is 0 Å². The summed E-state index contributed by atoms with van der Waals surface area (Å²) in [5.41, 5.74) is 1.29. The van der Waals surface area contributed by atoms with Crippen LogP contribution in [-0.4, -0.2) is 77.3 Å². The molecular weight excluding hydrogens is 330 g/mol. The molecule has 2 rings (SSSR count). The minimum atomic E-state index is -3.62. The number of aryl methyl sites for hydroxylation is 1. The van der Waals surface area contributed by atoms with Crippen molar-refractivity contribution in [2.75, 3.05) is 57.4 Å². The van der Waals surface area contributed by atoms with Gasteiger partial charge in [-0.2, -0.15) is 0 Å². The molecule has 1 aromatic carbocycles. The van der Waals surface area contributed by atoms with Crippen molar-refractivity contribution < 1.29 is 17.9 Å². The third kappa shape index (κ3) is 4.39. The third-order valence-electron chi connectivity index (χ3n) is 4.14. The number of ether oxygens (including phenoxy) is 1. The number of benzene rings is 1. The lowest BCUT2D eigenvalue weighted by molar-refractivity contribution is -0.131. The first-order valence-electron chi connectivity index (χ1n) is 7.81. The van der Waals surface area contributed by atoms with Crippen molar-refractivity contribution in [3.05, 3.63) is 23.8 Å². The van der Waals surface area contributed by atoms with Crippen molar-refractivity contribution in [2.24, 2.45) is 0 Å². The highest BCUT2D eigenvalue weighted by molar-refractivity contribution is 7.92. The van der Waals surface area contributed by atoms with Crippen molar-refractivity contribution in [3.8, 4) is 5.75 Å². The van der Waals surface area contributed by atoms with E-state index in [-0.39, 0.29) is 12.5 Å². The van der Waals surface area contributed by atoms with Crippen molar-refractivity contribution in [3.63, 3.8) is 0 Å². The van der Waals surface area contributed by atoms with Gasteiger partial charge in [-0.15, -0.1) is 0 Å². The fourth-order valence-electron chi connectivity index (χ4n) is 2.65. The number of carbonyl (C=O) groups excluding carboxylic acids is 1. The molecule has 1 saturated heterocycles. The largest absolute Gasteiger partial charge is 0.495 e. The number of methoxy groups -OCH3 is 1. The molecule has 24 heavy (non-hydrogen) atoms. The third-order valence-corrected chi connectivity index (χ3v) is 5.26. The zero-order valence-corrected chi connectivity index (χ0v) is 15.5. The predicted molar refractivity (Wildman–Crippen MR) is 94.0 cm³/mol. The van der Waals surface area contributed by atoms with Gasteiger partial charge in [0.2, 0.25) is 15.9 Å². The van der Waals surface area contributed by atoms with Crippen LogP contribution >= 0.6 is 0 Å². The predicted octanol–water partition coefficient (Wildman–Crippen LogP) is 0.544. The van der Waals surface area contributed by atoms with Crippen molar-refractivity contribution >= 4 is 21.6 Å². The topological polar surface area (TPSA) is 70.2 Å². The van der Waals surface area contributed by atoms with Gasteiger partial charge in [-0.05, 0) is 31.7 Å². The van der Waals surface area contributed by atoms with Crippen LogP contribution in [0, 0.1) is 6.92 Å². The Balaban J connectivity index is 2.27. The fourth-order valence-corrected chi connectivity index (χ4v) is 3.50. The maximum absolute atomic E-state index is 12.6. The Morgan fingerprint density at radius 3 is 2.42 bits per heavy atom. The van der Waals surface area contributed by atoms with Gasteiger partial charge in [0, 0.05) is 26.2 Å². The lowest BCUT2D eigenvalue weighted by Crippen LogP contribution is -2.50. The highest BCUT2D eigenvalue weighted by Gasteiger charge is 2.27. The SMILES string of the molecule is COc1ccc(C)cc1N(CC(=O)N1CCN(C)CC1)S(C)(=O)=O. The van der Waals surface area contributed by atoms with Crippen LogP contribution in [0.25, 0.3) is 0 Å². The summed E-state index contributed by atoms with van der Waals surface area (Å²) in [6.45, 7) is 4.45. The minimum absolute atomic E-state index is 0.197. The number of amides is 1. The summed E-state index contributed by atoms with van der Waals surface area (Å²) in [4.78, 5) is 16.4. The van der Waals surface area contributed by atoms with Gasteiger partial charge in [-0.3, -0.25) is 9.10 Å². The van der Waals surface area contributed by atoms with Crippen LogP contribution in [-0.2, 0) is 14.8 Å². The van der Waals surface area contributed by atoms with Gasteiger partial charge >= 0.3 is 0 Å². The average molecular weight is 355 g/mol. The van der Waals surface area contributed by atoms with Crippen LogP contribution < -0.4 is 9.04 Å². The van der Waals surface area contributed by atoms with E-state index < -0.39 is 10.0 Å². The van der Waals surface area contributed by atoms with Gasteiger partial charge in [0.15, 0.2) is 0 Å². The quantitative estimate of drug-likeness (QED) is 0.771. The smallest absolute Gasteiger partial charge is 0.243 e. The second-order valence-corrected chi connectivity index (χ2v) is 8.04. The monoisotopic (exact) mass is 355 g/mol. The first kappa shape index (κ1) is 18.5. The number of carbonyl (C=O) groups is 1. The van der Waals surface area contributed by atoms with E-state index in [0.29, 0.717) is 24.5 Å². The lowest BCUT2D eigenvalue weighted by Gasteiger charge is -2.34. The van der Waals surface area contributed by atoms with Gasteiger partial charge in [0.05, 0.1) is 19.1 Å². The van der Waals surface area contributed by atoms with Crippen LogP contribution in [0.4, 0.5) is 5.69 Å². The Kier molecular flexibility index (Phi) is 5.71. The summed E-state index contributed by atoms with van der Waals surface area (Å²) in [5, 5.41) is 0. The molecule has 0 bridgehead atoms. The molecule has 7 nitrogen and oxygen atoms in total. The molecule has 0 spiro atoms. The standard InChI is InChI=1S/C16H25N3O4S/c1-13-5-6-15(23-3)14(11-13)19(24(4,21)22)12-16(20)18-9-7-17(2)8-10-18/h5-6,11H,7-10,12H2,1-4H3. The van der Waals surface area contributed by atoms with Gasteiger partial charge in [-0.25, -0.2) is 8.42 Å². The fraction of sp³-hybridized carbons (Fsp3) is 0.562. The molecule has 0 aliphatic carbocycles. The zero-order chi connectivity index (χ0) is 17.9. The average Bonchev–Trinajstić information content (AvgIpc) is 2.52. The molecule has 1 amide bonds. The van der Waals surface area contributed by atoms with Crippen LogP contribution in [0.1, 0.15) is 5.56 Å². The summed E-state index contributed by atoms with van der Waals surface area (Å²) in [6, 6.07) is 5.27. The van der Waals surface area contributed by atoms with E-state index in [0.717, 1.165) is 29.2 Å². The normalized spacial score (nSPS) is 16.1. The first-order chi connectivity index (χ1) is 11.2. The number of likely N-dealkylation sites (N-methyl/N-ethyl adjacent to an activating group) is 1. The number of nitrogens with zero attached hydrogens (tertiary/aromatic N) is 3. The molecule has 0 atom stereocenters. The van der Waals surface area contributed by atoms with Crippen molar-refractivity contribution in [1.82, 2.24) is 9.80 Å². The van der Waals surface area contributed by atoms with E-state index in [9.17, 15) is 13.2 Å². The Morgan fingerprint density at radius 2 is 1.88 bits per heavy atom. The van der Waals surface area contributed by atoms with E-state index in [1.807, 2.05) is 20.0 Å². The lowest BCUT2D eigenvalue weighted by atomic mass is 10.2. The molecular formula is C16H25N3O4S. The number of sulfonamides is 1. The minimum Gasteiger partial charge on any atom is -0.495 e. The molecule has 1 heterocycles. The summed E-state index contributed by atoms with van der Waals surface area (Å²) in [7, 11) is -0.131. The number of piperazine rings is 1. The summed E-state index contributed by atoms with van der Waals surface area (Å²) in [6.07, 6.45) is 1.10. The number of rotatable bonds is 5. The molecule has 134 valence electrons. The van der Waals surface area contributed by atoms with Crippen molar-refractivity contribution in [1.29, 1.82) is 0 Å². The second-order valence-electron chi connectivity index (χ2n) is 6.13. The molecule has 1 aliphatic rings. The highest BCUT2D eigenvalue weighted by atomic mass is 32.2. The van der Waals surface area contributed by atoms with Gasteiger partial charge in [-0.1, -0.05) is 6.07 Å². The molecule has 1 aromatic rings. The maximum Gasteiger partial charge on any atom is 0.243 e. The van der Waals surface area contributed by atoms with E-state index in [4.69, 9.17) is 4.74 Å². The van der Waals surface area contributed by atoms with E-state index in [2.05, 4.69) is 4.90 Å². The van der Waals surface area contributed by atoms with Crippen molar-refractivity contribution in [2.45, 2.75) is 6.92 Å². The van der Waals surface area contributed by atoms with E-state index in [1.54, 1.807) is 17.0 Å². The molecule has 0 radical (unpaired) electrons. The zero-order valence-electron chi connectivity index (χ0n) is 14.7. The Labute approximate surface area is 143 Å². The van der Waals surface area contributed by atoms with Gasteiger partial charge in [0.1, 0.15) is 12.3 Å².